The van der Waals surface area contributed by atoms with Crippen LogP contribution in [0.25, 0.3) is 11.0 Å². The third kappa shape index (κ3) is 3.98. The highest BCUT2D eigenvalue weighted by Crippen LogP contribution is 2.19. The molecule has 1 aromatic heterocycles. The molecular weight excluding hydrogens is 354 g/mol. The Morgan fingerprint density at radius 1 is 1.07 bits per heavy atom. The van der Waals surface area contributed by atoms with Crippen LogP contribution in [0.1, 0.15) is 21.7 Å². The van der Waals surface area contributed by atoms with E-state index in [0.29, 0.717) is 12.1 Å². The maximum Gasteiger partial charge on any atom is 0.321 e. The van der Waals surface area contributed by atoms with E-state index >= 15 is 0 Å². The predicted molar refractivity (Wildman–Crippen MR) is 110 cm³/mol. The lowest BCUT2D eigenvalue weighted by atomic mass is 10.2. The number of hydrogen-bond donors (Lipinski definition) is 1. The minimum Gasteiger partial charge on any atom is -0.345 e. The van der Waals surface area contributed by atoms with Crippen molar-refractivity contribution in [2.24, 2.45) is 7.05 Å². The number of benzene rings is 2. The molecule has 0 bridgehead atoms. The Labute approximate surface area is 164 Å². The Bertz CT molecular complexity index is 1020. The first-order valence-electron chi connectivity index (χ1n) is 9.02. The molecule has 3 amide bonds. The van der Waals surface area contributed by atoms with E-state index < -0.39 is 0 Å². The van der Waals surface area contributed by atoms with Crippen LogP contribution in [-0.2, 0) is 13.6 Å². The summed E-state index contributed by atoms with van der Waals surface area (Å²) in [5, 5.41) is 2.88. The van der Waals surface area contributed by atoms with E-state index in [1.807, 2.05) is 48.9 Å². The highest BCUT2D eigenvalue weighted by atomic mass is 16.2. The summed E-state index contributed by atoms with van der Waals surface area (Å²) in [6.07, 6.45) is 0. The van der Waals surface area contributed by atoms with Crippen LogP contribution in [0, 0.1) is 6.92 Å². The van der Waals surface area contributed by atoms with Crippen LogP contribution in [0.2, 0.25) is 0 Å². The zero-order valence-electron chi connectivity index (χ0n) is 16.9. The molecule has 1 N–H and O–H groups in total. The molecule has 0 fully saturated rings. The molecule has 0 radical (unpaired) electrons. The van der Waals surface area contributed by atoms with E-state index in [-0.39, 0.29) is 11.9 Å². The summed E-state index contributed by atoms with van der Waals surface area (Å²) in [5.41, 5.74) is 4.13. The van der Waals surface area contributed by atoms with Crippen molar-refractivity contribution in [1.82, 2.24) is 19.4 Å². The number of amides is 3. The Balaban J connectivity index is 1.77. The van der Waals surface area contributed by atoms with Gasteiger partial charge in [0.1, 0.15) is 5.82 Å². The van der Waals surface area contributed by atoms with Gasteiger partial charge in [-0.3, -0.25) is 4.79 Å². The molecule has 7 heteroatoms. The number of hydrogen-bond acceptors (Lipinski definition) is 3. The lowest BCUT2D eigenvalue weighted by molar-refractivity contribution is 0.0827. The number of carbonyl (C=O) groups excluding carboxylic acids is 2. The van der Waals surface area contributed by atoms with Crippen molar-refractivity contribution >= 4 is 28.7 Å². The quantitative estimate of drug-likeness (QED) is 0.756. The van der Waals surface area contributed by atoms with Gasteiger partial charge in [0.2, 0.25) is 0 Å². The van der Waals surface area contributed by atoms with E-state index in [1.165, 1.54) is 4.90 Å². The topological polar surface area (TPSA) is 70.5 Å². The maximum atomic E-state index is 12.5. The molecule has 3 rings (SSSR count). The Morgan fingerprint density at radius 2 is 1.75 bits per heavy atom. The average Bonchev–Trinajstić information content (AvgIpc) is 2.97. The number of aromatic nitrogens is 2. The van der Waals surface area contributed by atoms with Crippen LogP contribution in [-0.4, -0.2) is 52.4 Å². The molecule has 0 saturated carbocycles. The first kappa shape index (κ1) is 19.4. The molecule has 28 heavy (non-hydrogen) atoms. The largest absolute Gasteiger partial charge is 0.345 e. The van der Waals surface area contributed by atoms with Crippen LogP contribution in [0.5, 0.6) is 0 Å². The van der Waals surface area contributed by atoms with Crippen LogP contribution >= 0.6 is 0 Å². The number of aryl methyl sites for hydroxylation is 2. The van der Waals surface area contributed by atoms with Crippen molar-refractivity contribution in [1.29, 1.82) is 0 Å². The van der Waals surface area contributed by atoms with Gasteiger partial charge >= 0.3 is 6.03 Å². The van der Waals surface area contributed by atoms with Gasteiger partial charge in [-0.2, -0.15) is 0 Å². The van der Waals surface area contributed by atoms with Crippen LogP contribution in [0.15, 0.2) is 42.5 Å². The minimum atomic E-state index is -0.209. The molecule has 0 spiro atoms. The molecule has 0 aliphatic heterocycles. The predicted octanol–water partition coefficient (Wildman–Crippen LogP) is 3.25. The van der Waals surface area contributed by atoms with Crippen LogP contribution in [0.4, 0.5) is 10.5 Å². The smallest absolute Gasteiger partial charge is 0.321 e. The number of imidazole rings is 1. The number of carbonyl (C=O) groups is 2. The van der Waals surface area contributed by atoms with E-state index in [0.717, 1.165) is 28.1 Å². The molecule has 1 heterocycles. The second kappa shape index (κ2) is 7.72. The van der Waals surface area contributed by atoms with Crippen LogP contribution in [0.3, 0.4) is 0 Å². The standard InChI is InChI=1S/C21H25N5O2/c1-14-6-9-16(10-7-14)22-21(28)25(4)13-19-23-17-12-15(20(27)24(2)3)8-11-18(17)26(19)5/h6-12H,13H2,1-5H3,(H,22,28). The number of nitrogens with zero attached hydrogens (tertiary/aromatic N) is 4. The fraction of sp³-hybridized carbons (Fsp3) is 0.286. The molecule has 7 nitrogen and oxygen atoms in total. The highest BCUT2D eigenvalue weighted by molar-refractivity contribution is 5.97. The monoisotopic (exact) mass is 379 g/mol. The van der Waals surface area contributed by atoms with E-state index in [2.05, 4.69) is 10.3 Å². The lowest BCUT2D eigenvalue weighted by Gasteiger charge is -2.17. The van der Waals surface area contributed by atoms with Gasteiger partial charge < -0.3 is 19.7 Å². The highest BCUT2D eigenvalue weighted by Gasteiger charge is 2.16. The van der Waals surface area contributed by atoms with Crippen molar-refractivity contribution in [2.75, 3.05) is 26.5 Å². The van der Waals surface area contributed by atoms with E-state index in [4.69, 9.17) is 0 Å². The Kier molecular flexibility index (Phi) is 5.35. The normalized spacial score (nSPS) is 10.8. The number of fused-ring (bicyclic) bond motifs is 1. The molecule has 0 saturated heterocycles. The SMILES string of the molecule is Cc1ccc(NC(=O)N(C)Cc2nc3cc(C(=O)N(C)C)ccc3n2C)cc1. The van der Waals surface area contributed by atoms with Gasteiger partial charge in [-0.1, -0.05) is 17.7 Å². The molecular formula is C21H25N5O2. The number of urea groups is 1. The summed E-state index contributed by atoms with van der Waals surface area (Å²) in [6, 6.07) is 12.9. The van der Waals surface area contributed by atoms with Gasteiger partial charge in [0, 0.05) is 39.4 Å². The second-order valence-corrected chi connectivity index (χ2v) is 7.14. The molecule has 0 unspecified atom stereocenters. The van der Waals surface area contributed by atoms with Gasteiger partial charge in [0.05, 0.1) is 17.6 Å². The van der Waals surface area contributed by atoms with E-state index in [9.17, 15) is 9.59 Å². The van der Waals surface area contributed by atoms with Crippen LogP contribution < -0.4 is 5.32 Å². The summed E-state index contributed by atoms with van der Waals surface area (Å²) in [6.45, 7) is 2.35. The molecule has 0 aliphatic carbocycles. The minimum absolute atomic E-state index is 0.0660. The summed E-state index contributed by atoms with van der Waals surface area (Å²) >= 11 is 0. The van der Waals surface area contributed by atoms with Crippen molar-refractivity contribution in [3.8, 4) is 0 Å². The van der Waals surface area contributed by atoms with Gasteiger partial charge in [-0.05, 0) is 37.3 Å². The Morgan fingerprint density at radius 3 is 2.39 bits per heavy atom. The van der Waals surface area contributed by atoms with Gasteiger partial charge in [-0.25, -0.2) is 9.78 Å². The van der Waals surface area contributed by atoms with Crippen molar-refractivity contribution in [2.45, 2.75) is 13.5 Å². The first-order valence-corrected chi connectivity index (χ1v) is 9.02. The third-order valence-electron chi connectivity index (χ3n) is 4.65. The summed E-state index contributed by atoms with van der Waals surface area (Å²) in [4.78, 5) is 32.4. The molecule has 146 valence electrons. The van der Waals surface area contributed by atoms with Crippen molar-refractivity contribution in [3.05, 3.63) is 59.4 Å². The average molecular weight is 379 g/mol. The van der Waals surface area contributed by atoms with Gasteiger partial charge in [-0.15, -0.1) is 0 Å². The molecule has 3 aromatic rings. The summed E-state index contributed by atoms with van der Waals surface area (Å²) in [5.74, 6) is 0.676. The molecule has 2 aromatic carbocycles. The third-order valence-corrected chi connectivity index (χ3v) is 4.65. The molecule has 0 atom stereocenters. The fourth-order valence-electron chi connectivity index (χ4n) is 2.92. The fourth-order valence-corrected chi connectivity index (χ4v) is 2.92. The number of nitrogens with one attached hydrogen (secondary N) is 1. The summed E-state index contributed by atoms with van der Waals surface area (Å²) < 4.78 is 1.94. The number of rotatable bonds is 4. The van der Waals surface area contributed by atoms with Gasteiger partial charge in [0.25, 0.3) is 5.91 Å². The number of anilines is 1. The molecule has 0 aliphatic rings. The van der Waals surface area contributed by atoms with Crippen molar-refractivity contribution < 1.29 is 9.59 Å². The van der Waals surface area contributed by atoms with Crippen molar-refractivity contribution in [3.63, 3.8) is 0 Å². The first-order chi connectivity index (χ1) is 13.3. The zero-order valence-corrected chi connectivity index (χ0v) is 16.9. The zero-order chi connectivity index (χ0) is 20.4. The maximum absolute atomic E-state index is 12.5. The second-order valence-electron chi connectivity index (χ2n) is 7.14. The van der Waals surface area contributed by atoms with E-state index in [1.54, 1.807) is 38.2 Å². The van der Waals surface area contributed by atoms with Gasteiger partial charge in [0.15, 0.2) is 0 Å². The Hall–Kier alpha value is -3.35. The lowest BCUT2D eigenvalue weighted by Crippen LogP contribution is -2.31. The summed E-state index contributed by atoms with van der Waals surface area (Å²) in [7, 11) is 7.07.